The Hall–Kier alpha value is -1.84. The summed E-state index contributed by atoms with van der Waals surface area (Å²) in [6.45, 7) is 1.38. The average molecular weight is 323 g/mol. The van der Waals surface area contributed by atoms with Crippen molar-refractivity contribution >= 4 is 23.3 Å². The summed E-state index contributed by atoms with van der Waals surface area (Å²) in [6.07, 6.45) is -4.74. The smallest absolute Gasteiger partial charge is 0.411 e. The molecule has 1 aliphatic carbocycles. The van der Waals surface area contributed by atoms with Crippen LogP contribution < -0.4 is 10.6 Å². The van der Waals surface area contributed by atoms with Gasteiger partial charge in [-0.3, -0.25) is 0 Å². The fourth-order valence-corrected chi connectivity index (χ4v) is 2.59. The first-order valence-corrected chi connectivity index (χ1v) is 6.78. The number of carboxylic acids is 1. The molecule has 1 aliphatic rings. The fourth-order valence-electron chi connectivity index (χ4n) is 1.75. The quantitative estimate of drug-likeness (QED) is 0.791. The van der Waals surface area contributed by atoms with Crippen molar-refractivity contribution in [2.24, 2.45) is 0 Å². The van der Waals surface area contributed by atoms with Gasteiger partial charge >= 0.3 is 18.2 Å². The first-order valence-electron chi connectivity index (χ1n) is 5.97. The molecule has 3 N–H and O–H groups in total. The lowest BCUT2D eigenvalue weighted by Gasteiger charge is -2.20. The van der Waals surface area contributed by atoms with E-state index in [1.165, 1.54) is 6.92 Å². The molecule has 1 aromatic heterocycles. The Morgan fingerprint density at radius 1 is 1.43 bits per heavy atom. The highest BCUT2D eigenvalue weighted by atomic mass is 32.1. The zero-order valence-corrected chi connectivity index (χ0v) is 11.7. The number of rotatable bonds is 4. The number of amides is 2. The number of carbonyl (C=O) groups excluding carboxylic acids is 1. The van der Waals surface area contributed by atoms with E-state index in [1.807, 2.05) is 5.32 Å². The molecular weight excluding hydrogens is 311 g/mol. The van der Waals surface area contributed by atoms with Crippen LogP contribution in [0.25, 0.3) is 0 Å². The Kier molecular flexibility index (Phi) is 3.83. The lowest BCUT2D eigenvalue weighted by molar-refractivity contribution is -0.162. The van der Waals surface area contributed by atoms with Crippen LogP contribution in [0.1, 0.15) is 33.2 Å². The third kappa shape index (κ3) is 3.26. The van der Waals surface area contributed by atoms with E-state index in [0.717, 1.165) is 11.3 Å². The number of thiazole rings is 1. The largest absolute Gasteiger partial charge is 0.477 e. The van der Waals surface area contributed by atoms with E-state index in [2.05, 4.69) is 10.3 Å². The van der Waals surface area contributed by atoms with E-state index >= 15 is 0 Å². The van der Waals surface area contributed by atoms with Crippen molar-refractivity contribution < 1.29 is 27.9 Å². The summed E-state index contributed by atoms with van der Waals surface area (Å²) in [5.41, 5.74) is -1.82. The maximum absolute atomic E-state index is 12.6. The number of alkyl halides is 3. The Balaban J connectivity index is 1.90. The second kappa shape index (κ2) is 5.17. The maximum Gasteiger partial charge on any atom is 0.411 e. The number of halogens is 3. The lowest BCUT2D eigenvalue weighted by Crippen LogP contribution is -2.51. The topological polar surface area (TPSA) is 91.3 Å². The highest BCUT2D eigenvalue weighted by Crippen LogP contribution is 2.48. The third-order valence-corrected chi connectivity index (χ3v) is 4.23. The zero-order valence-electron chi connectivity index (χ0n) is 10.9. The van der Waals surface area contributed by atoms with E-state index in [-0.39, 0.29) is 24.3 Å². The Bertz CT molecular complexity index is 581. The van der Waals surface area contributed by atoms with Crippen LogP contribution in [-0.4, -0.2) is 33.8 Å². The zero-order chi connectivity index (χ0) is 15.8. The number of nitrogens with one attached hydrogen (secondary N) is 2. The van der Waals surface area contributed by atoms with Crippen LogP contribution in [-0.2, 0) is 6.54 Å². The summed E-state index contributed by atoms with van der Waals surface area (Å²) in [5, 5.41) is 13.3. The molecule has 6 nitrogen and oxygen atoms in total. The van der Waals surface area contributed by atoms with Gasteiger partial charge in [-0.05, 0) is 19.8 Å². The van der Waals surface area contributed by atoms with Gasteiger partial charge in [-0.15, -0.1) is 11.3 Å². The molecule has 1 fully saturated rings. The average Bonchev–Trinajstić information content (AvgIpc) is 3.03. The van der Waals surface area contributed by atoms with Crippen molar-refractivity contribution in [2.45, 2.75) is 38.0 Å². The minimum atomic E-state index is -4.47. The van der Waals surface area contributed by atoms with Gasteiger partial charge in [0.2, 0.25) is 0 Å². The standard InChI is InChI=1S/C11H12F3N3O3S/c1-5-7(8(18)19)21-6(16-5)4-15-9(20)17-10(2-3-10)11(12,13)14/h2-4H2,1H3,(H,18,19)(H2,15,17,20). The van der Waals surface area contributed by atoms with E-state index in [9.17, 15) is 22.8 Å². The molecule has 2 rings (SSSR count). The second-order valence-corrected chi connectivity index (χ2v) is 5.80. The number of carbonyl (C=O) groups is 2. The molecule has 1 heterocycles. The molecule has 2 amide bonds. The van der Waals surface area contributed by atoms with Crippen LogP contribution in [0.5, 0.6) is 0 Å². The minimum absolute atomic E-state index is 0.0427. The van der Waals surface area contributed by atoms with Gasteiger partial charge in [-0.25, -0.2) is 14.6 Å². The van der Waals surface area contributed by atoms with Gasteiger partial charge in [-0.2, -0.15) is 13.2 Å². The molecule has 0 aliphatic heterocycles. The van der Waals surface area contributed by atoms with Gasteiger partial charge < -0.3 is 15.7 Å². The third-order valence-electron chi connectivity index (χ3n) is 3.08. The number of aromatic nitrogens is 1. The van der Waals surface area contributed by atoms with Gasteiger partial charge in [-0.1, -0.05) is 0 Å². The van der Waals surface area contributed by atoms with Gasteiger partial charge in [0.1, 0.15) is 15.4 Å². The van der Waals surface area contributed by atoms with Crippen LogP contribution in [0.15, 0.2) is 0 Å². The minimum Gasteiger partial charge on any atom is -0.477 e. The molecule has 21 heavy (non-hydrogen) atoms. The van der Waals surface area contributed by atoms with E-state index in [0.29, 0.717) is 10.7 Å². The van der Waals surface area contributed by atoms with E-state index in [1.54, 1.807) is 0 Å². The number of aromatic carboxylic acids is 1. The molecule has 0 atom stereocenters. The van der Waals surface area contributed by atoms with Crippen LogP contribution in [0, 0.1) is 6.92 Å². The van der Waals surface area contributed by atoms with Gasteiger partial charge in [0, 0.05) is 0 Å². The summed E-state index contributed by atoms with van der Waals surface area (Å²) < 4.78 is 37.9. The van der Waals surface area contributed by atoms with Crippen molar-refractivity contribution in [1.82, 2.24) is 15.6 Å². The lowest BCUT2D eigenvalue weighted by atomic mass is 10.3. The predicted octanol–water partition coefficient (Wildman–Crippen LogP) is 2.04. The molecular formula is C11H12F3N3O3S. The van der Waals surface area contributed by atoms with Crippen molar-refractivity contribution in [1.29, 1.82) is 0 Å². The Morgan fingerprint density at radius 3 is 2.48 bits per heavy atom. The number of carboxylic acid groups (broad SMARTS) is 1. The maximum atomic E-state index is 12.6. The van der Waals surface area contributed by atoms with Gasteiger partial charge in [0.15, 0.2) is 0 Å². The second-order valence-electron chi connectivity index (χ2n) is 4.71. The van der Waals surface area contributed by atoms with Gasteiger partial charge in [0.25, 0.3) is 0 Å². The van der Waals surface area contributed by atoms with Crippen molar-refractivity contribution in [2.75, 3.05) is 0 Å². The molecule has 0 aromatic carbocycles. The molecule has 0 radical (unpaired) electrons. The van der Waals surface area contributed by atoms with E-state index < -0.39 is 23.7 Å². The molecule has 1 aromatic rings. The Morgan fingerprint density at radius 2 is 2.05 bits per heavy atom. The fraction of sp³-hybridized carbons (Fsp3) is 0.545. The van der Waals surface area contributed by atoms with Crippen molar-refractivity contribution in [3.63, 3.8) is 0 Å². The molecule has 10 heteroatoms. The molecule has 0 bridgehead atoms. The molecule has 116 valence electrons. The monoisotopic (exact) mass is 323 g/mol. The number of urea groups is 1. The number of nitrogens with zero attached hydrogens (tertiary/aromatic N) is 1. The van der Waals surface area contributed by atoms with E-state index in [4.69, 9.17) is 5.11 Å². The Labute approximate surface area is 121 Å². The summed E-state index contributed by atoms with van der Waals surface area (Å²) in [7, 11) is 0. The highest BCUT2D eigenvalue weighted by Gasteiger charge is 2.64. The number of hydrogen-bond donors (Lipinski definition) is 3. The van der Waals surface area contributed by atoms with Crippen molar-refractivity contribution in [3.8, 4) is 0 Å². The van der Waals surface area contributed by atoms with Crippen LogP contribution in [0.3, 0.4) is 0 Å². The van der Waals surface area contributed by atoms with Crippen molar-refractivity contribution in [3.05, 3.63) is 15.6 Å². The molecule has 0 unspecified atom stereocenters. The summed E-state index contributed by atoms with van der Waals surface area (Å²) >= 11 is 0.873. The number of hydrogen-bond acceptors (Lipinski definition) is 4. The first kappa shape index (κ1) is 15.5. The SMILES string of the molecule is Cc1nc(CNC(=O)NC2(C(F)(F)F)CC2)sc1C(=O)O. The van der Waals surface area contributed by atoms with Crippen LogP contribution in [0.4, 0.5) is 18.0 Å². The molecule has 0 saturated heterocycles. The summed E-state index contributed by atoms with van der Waals surface area (Å²) in [5.74, 6) is -1.13. The highest BCUT2D eigenvalue weighted by molar-refractivity contribution is 7.13. The number of aryl methyl sites for hydroxylation is 1. The first-order chi connectivity index (χ1) is 9.64. The summed E-state index contributed by atoms with van der Waals surface area (Å²) in [4.78, 5) is 26.3. The molecule has 0 spiro atoms. The summed E-state index contributed by atoms with van der Waals surface area (Å²) in [6, 6.07) is -0.949. The normalized spacial score (nSPS) is 16.4. The molecule has 1 saturated carbocycles. The van der Waals surface area contributed by atoms with Crippen LogP contribution in [0.2, 0.25) is 0 Å². The van der Waals surface area contributed by atoms with Crippen LogP contribution >= 0.6 is 11.3 Å². The van der Waals surface area contributed by atoms with Gasteiger partial charge in [0.05, 0.1) is 12.2 Å². The predicted molar refractivity (Wildman–Crippen MR) is 67.2 cm³/mol.